The monoisotopic (exact) mass is 301 g/mol. The van der Waals surface area contributed by atoms with Gasteiger partial charge in [-0.3, -0.25) is 0 Å². The summed E-state index contributed by atoms with van der Waals surface area (Å²) >= 11 is 0. The Morgan fingerprint density at radius 2 is 1.95 bits per heavy atom. The second-order valence-corrected chi connectivity index (χ2v) is 3.62. The molecule has 116 valence electrons. The Bertz CT molecular complexity index is 588. The molecule has 2 rings (SSSR count). The highest BCUT2D eigenvalue weighted by Gasteiger charge is 2.14. The molecule has 0 atom stereocenters. The first kappa shape index (κ1) is 16.7. The highest BCUT2D eigenvalue weighted by Crippen LogP contribution is 2.30. The van der Waals surface area contributed by atoms with Crippen LogP contribution in [0.5, 0.6) is 17.5 Å². The number of alkyl halides is 2. The number of aromatic hydroxyl groups is 1. The van der Waals surface area contributed by atoms with Crippen molar-refractivity contribution in [1.82, 2.24) is 14.8 Å². The first-order valence-electron chi connectivity index (χ1n) is 6.23. The van der Waals surface area contributed by atoms with Crippen molar-refractivity contribution in [2.75, 3.05) is 7.11 Å². The van der Waals surface area contributed by atoms with Gasteiger partial charge in [0.1, 0.15) is 0 Å². The van der Waals surface area contributed by atoms with Gasteiger partial charge in [-0.15, -0.1) is 0 Å². The van der Waals surface area contributed by atoms with Crippen LogP contribution in [0.3, 0.4) is 0 Å². The molecule has 2 aromatic rings. The summed E-state index contributed by atoms with van der Waals surface area (Å²) in [5.41, 5.74) is 0.807. The molecule has 0 spiro atoms. The quantitative estimate of drug-likeness (QED) is 0.940. The molecule has 6 nitrogen and oxygen atoms in total. The molecule has 8 heteroatoms. The Labute approximate surface area is 120 Å². The fraction of sp³-hybridized carbons (Fsp3) is 0.385. The molecule has 0 aliphatic rings. The maximum atomic E-state index is 12.1. The average molecular weight is 301 g/mol. The van der Waals surface area contributed by atoms with Crippen molar-refractivity contribution in [2.45, 2.75) is 20.5 Å². The number of aryl methyl sites for hydroxylation is 1. The highest BCUT2D eigenvalue weighted by atomic mass is 19.3. The molecule has 0 saturated carbocycles. The summed E-state index contributed by atoms with van der Waals surface area (Å²) in [6, 6.07) is 2.70. The standard InChI is InChI=1S/C11H11F2N3O3.C2H6/c1-16-9(19-11(12)13)4-7(15-16)6-3-8(17)10(18-2)14-5-6;1-2/h3-5,11,17H,1-2H3;1-2H3. The Morgan fingerprint density at radius 3 is 2.48 bits per heavy atom. The molecule has 2 aromatic heterocycles. The molecule has 0 unspecified atom stereocenters. The Hall–Kier alpha value is -2.38. The van der Waals surface area contributed by atoms with Crippen molar-refractivity contribution >= 4 is 0 Å². The lowest BCUT2D eigenvalue weighted by Crippen LogP contribution is -2.05. The third kappa shape index (κ3) is 4.04. The van der Waals surface area contributed by atoms with Gasteiger partial charge in [0.2, 0.25) is 5.88 Å². The number of methoxy groups -OCH3 is 1. The van der Waals surface area contributed by atoms with E-state index in [0.717, 1.165) is 0 Å². The van der Waals surface area contributed by atoms with Crippen LogP contribution in [0.2, 0.25) is 0 Å². The molecule has 0 aromatic carbocycles. The van der Waals surface area contributed by atoms with Gasteiger partial charge < -0.3 is 14.6 Å². The van der Waals surface area contributed by atoms with E-state index in [9.17, 15) is 13.9 Å². The SMILES string of the molecule is CC.COc1ncc(-c2cc(OC(F)F)n(C)n2)cc1O. The Balaban J connectivity index is 0.00000106. The minimum atomic E-state index is -2.93. The second kappa shape index (κ2) is 7.41. The third-order valence-corrected chi connectivity index (χ3v) is 2.37. The minimum absolute atomic E-state index is 0.0729. The number of pyridine rings is 1. The molecule has 0 saturated heterocycles. The zero-order chi connectivity index (χ0) is 16.0. The lowest BCUT2D eigenvalue weighted by atomic mass is 10.2. The third-order valence-electron chi connectivity index (χ3n) is 2.37. The van der Waals surface area contributed by atoms with E-state index in [0.29, 0.717) is 11.3 Å². The molecule has 1 N–H and O–H groups in total. The fourth-order valence-corrected chi connectivity index (χ4v) is 1.53. The number of ether oxygens (including phenoxy) is 2. The summed E-state index contributed by atoms with van der Waals surface area (Å²) < 4.78 is 34.5. The predicted octanol–water partition coefficient (Wildman–Crippen LogP) is 2.82. The van der Waals surface area contributed by atoms with Gasteiger partial charge in [0.05, 0.1) is 12.8 Å². The lowest BCUT2D eigenvalue weighted by Gasteiger charge is -2.02. The topological polar surface area (TPSA) is 69.4 Å². The molecule has 0 fully saturated rings. The van der Waals surface area contributed by atoms with Crippen molar-refractivity contribution in [3.8, 4) is 28.8 Å². The molecule has 0 bridgehead atoms. The van der Waals surface area contributed by atoms with Crippen molar-refractivity contribution in [2.24, 2.45) is 7.05 Å². The number of hydrogen-bond acceptors (Lipinski definition) is 5. The van der Waals surface area contributed by atoms with Gasteiger partial charge in [0, 0.05) is 24.9 Å². The van der Waals surface area contributed by atoms with E-state index in [4.69, 9.17) is 4.74 Å². The van der Waals surface area contributed by atoms with Gasteiger partial charge in [-0.05, 0) is 6.07 Å². The summed E-state index contributed by atoms with van der Waals surface area (Å²) in [5.74, 6) is -0.175. The van der Waals surface area contributed by atoms with E-state index in [1.807, 2.05) is 13.8 Å². The first-order chi connectivity index (χ1) is 10.0. The van der Waals surface area contributed by atoms with Crippen LogP contribution in [0.4, 0.5) is 8.78 Å². The zero-order valence-corrected chi connectivity index (χ0v) is 12.2. The molecule has 2 heterocycles. The maximum Gasteiger partial charge on any atom is 0.388 e. The average Bonchev–Trinajstić information content (AvgIpc) is 2.81. The molecular formula is C13H17F2N3O3. The van der Waals surface area contributed by atoms with Crippen molar-refractivity contribution in [3.63, 3.8) is 0 Å². The van der Waals surface area contributed by atoms with Crippen LogP contribution in [0, 0.1) is 0 Å². The first-order valence-corrected chi connectivity index (χ1v) is 6.23. The van der Waals surface area contributed by atoms with E-state index in [-0.39, 0.29) is 17.5 Å². The summed E-state index contributed by atoms with van der Waals surface area (Å²) in [6.07, 6.45) is 1.41. The van der Waals surface area contributed by atoms with Crippen LogP contribution in [0.1, 0.15) is 13.8 Å². The van der Waals surface area contributed by atoms with Gasteiger partial charge in [0.25, 0.3) is 5.88 Å². The molecule has 0 aliphatic heterocycles. The van der Waals surface area contributed by atoms with Gasteiger partial charge in [-0.1, -0.05) is 13.8 Å². The predicted molar refractivity (Wildman–Crippen MR) is 72.6 cm³/mol. The van der Waals surface area contributed by atoms with Gasteiger partial charge in [-0.25, -0.2) is 9.67 Å². The zero-order valence-electron chi connectivity index (χ0n) is 12.2. The van der Waals surface area contributed by atoms with Crippen LogP contribution in [0.15, 0.2) is 18.3 Å². The smallest absolute Gasteiger partial charge is 0.388 e. The van der Waals surface area contributed by atoms with Crippen molar-refractivity contribution in [3.05, 3.63) is 18.3 Å². The van der Waals surface area contributed by atoms with Crippen LogP contribution in [-0.2, 0) is 7.05 Å². The molecule has 0 amide bonds. The normalized spacial score (nSPS) is 10.0. The molecule has 0 radical (unpaired) electrons. The molecular weight excluding hydrogens is 284 g/mol. The van der Waals surface area contributed by atoms with E-state index < -0.39 is 6.61 Å². The van der Waals surface area contributed by atoms with Gasteiger partial charge >= 0.3 is 6.61 Å². The largest absolute Gasteiger partial charge is 0.503 e. The summed E-state index contributed by atoms with van der Waals surface area (Å²) in [5, 5.41) is 13.6. The van der Waals surface area contributed by atoms with Gasteiger partial charge in [-0.2, -0.15) is 13.9 Å². The number of nitrogens with zero attached hydrogens (tertiary/aromatic N) is 3. The Kier molecular flexibility index (Phi) is 5.89. The van der Waals surface area contributed by atoms with E-state index >= 15 is 0 Å². The number of hydrogen-bond donors (Lipinski definition) is 1. The maximum absolute atomic E-state index is 12.1. The Morgan fingerprint density at radius 1 is 1.29 bits per heavy atom. The summed E-state index contributed by atoms with van der Waals surface area (Å²) in [6.45, 7) is 1.07. The van der Waals surface area contributed by atoms with Gasteiger partial charge in [0.15, 0.2) is 5.75 Å². The highest BCUT2D eigenvalue weighted by molar-refractivity contribution is 5.62. The summed E-state index contributed by atoms with van der Waals surface area (Å²) in [7, 11) is 2.84. The van der Waals surface area contributed by atoms with Crippen LogP contribution >= 0.6 is 0 Å². The molecule has 0 aliphatic carbocycles. The van der Waals surface area contributed by atoms with Crippen molar-refractivity contribution in [1.29, 1.82) is 0 Å². The number of rotatable bonds is 4. The number of halogens is 2. The van der Waals surface area contributed by atoms with Crippen LogP contribution < -0.4 is 9.47 Å². The van der Waals surface area contributed by atoms with E-state index in [2.05, 4.69) is 14.8 Å². The second-order valence-electron chi connectivity index (χ2n) is 3.62. The summed E-state index contributed by atoms with van der Waals surface area (Å²) in [4.78, 5) is 3.86. The fourth-order valence-electron chi connectivity index (χ4n) is 1.53. The van der Waals surface area contributed by atoms with Crippen molar-refractivity contribution < 1.29 is 23.4 Å². The lowest BCUT2D eigenvalue weighted by molar-refractivity contribution is -0.0553. The van der Waals surface area contributed by atoms with E-state index in [1.165, 1.54) is 37.2 Å². The minimum Gasteiger partial charge on any atom is -0.503 e. The van der Waals surface area contributed by atoms with Crippen LogP contribution in [-0.4, -0.2) is 33.6 Å². The van der Waals surface area contributed by atoms with E-state index in [1.54, 1.807) is 0 Å². The molecule has 21 heavy (non-hydrogen) atoms. The van der Waals surface area contributed by atoms with Crippen LogP contribution in [0.25, 0.3) is 11.3 Å². The number of aromatic nitrogens is 3.